The summed E-state index contributed by atoms with van der Waals surface area (Å²) in [6.45, 7) is 8.39. The van der Waals surface area contributed by atoms with Crippen LogP contribution >= 0.6 is 0 Å². The average molecular weight is 437 g/mol. The molecule has 0 aromatic carbocycles. The Bertz CT molecular complexity index is 350. The van der Waals surface area contributed by atoms with Crippen LogP contribution in [-0.2, 0) is 17.7 Å². The van der Waals surface area contributed by atoms with Crippen molar-refractivity contribution in [2.45, 2.75) is 78.3 Å². The third-order valence-corrected chi connectivity index (χ3v) is 7.07. The highest BCUT2D eigenvalue weighted by Gasteiger charge is 2.54. The molecule has 29 heavy (non-hydrogen) atoms. The number of nitrogens with zero attached hydrogens (tertiary/aromatic N) is 4. The highest BCUT2D eigenvalue weighted by atomic mass is 28.4. The molecule has 0 saturated heterocycles. The molecule has 0 aliphatic heterocycles. The van der Waals surface area contributed by atoms with Crippen molar-refractivity contribution < 1.29 is 17.7 Å². The highest BCUT2D eigenvalue weighted by Crippen LogP contribution is 2.26. The van der Waals surface area contributed by atoms with Crippen molar-refractivity contribution in [1.29, 1.82) is 0 Å². The molecule has 0 N–H and O–H groups in total. The second kappa shape index (κ2) is 14.1. The second-order valence-electron chi connectivity index (χ2n) is 8.28. The van der Waals surface area contributed by atoms with Crippen molar-refractivity contribution in [2.24, 2.45) is 0 Å². The molecular formula is C20H48N4O4Si. The maximum absolute atomic E-state index is 6.61. The second-order valence-corrected chi connectivity index (χ2v) is 10.2. The van der Waals surface area contributed by atoms with E-state index in [-0.39, 0.29) is 24.9 Å². The standard InChI is InChI=1S/C20H48N4O4Si/c1-13-17(21(5)6)25-29(26-18(14-2)22(7)8,27-19(15-3)23(9)10)28-20(16-4)24(11)12/h17-20H,13-16H2,1-12H3. The summed E-state index contributed by atoms with van der Waals surface area (Å²) >= 11 is 0. The van der Waals surface area contributed by atoms with Crippen molar-refractivity contribution in [2.75, 3.05) is 56.4 Å². The van der Waals surface area contributed by atoms with E-state index in [2.05, 4.69) is 27.7 Å². The lowest BCUT2D eigenvalue weighted by Gasteiger charge is -2.42. The lowest BCUT2D eigenvalue weighted by Crippen LogP contribution is -2.62. The predicted molar refractivity (Wildman–Crippen MR) is 121 cm³/mol. The molecule has 0 aromatic heterocycles. The summed E-state index contributed by atoms with van der Waals surface area (Å²) in [5.41, 5.74) is 0. The summed E-state index contributed by atoms with van der Waals surface area (Å²) in [4.78, 5) is 8.17. The van der Waals surface area contributed by atoms with E-state index in [1.807, 2.05) is 76.0 Å². The zero-order chi connectivity index (χ0) is 22.8. The minimum absolute atomic E-state index is 0.166. The Hall–Kier alpha value is -0.103. The van der Waals surface area contributed by atoms with E-state index >= 15 is 0 Å². The Morgan fingerprint density at radius 2 is 0.621 bits per heavy atom. The molecule has 0 heterocycles. The van der Waals surface area contributed by atoms with E-state index in [4.69, 9.17) is 17.7 Å². The lowest BCUT2D eigenvalue weighted by atomic mass is 10.4. The molecular weight excluding hydrogens is 388 g/mol. The fraction of sp³-hybridized carbons (Fsp3) is 1.00. The molecule has 176 valence electrons. The summed E-state index contributed by atoms with van der Waals surface area (Å²) in [6.07, 6.45) is 2.53. The first kappa shape index (κ1) is 28.9. The van der Waals surface area contributed by atoms with Gasteiger partial charge in [-0.25, -0.2) is 0 Å². The molecule has 4 unspecified atom stereocenters. The van der Waals surface area contributed by atoms with Gasteiger partial charge in [0.2, 0.25) is 0 Å². The van der Waals surface area contributed by atoms with E-state index in [1.54, 1.807) is 0 Å². The van der Waals surface area contributed by atoms with Crippen molar-refractivity contribution >= 4 is 9.05 Å². The number of hydrogen-bond acceptors (Lipinski definition) is 8. The fourth-order valence-electron chi connectivity index (χ4n) is 3.05. The van der Waals surface area contributed by atoms with Gasteiger partial charge in [-0.15, -0.1) is 0 Å². The molecule has 4 atom stereocenters. The van der Waals surface area contributed by atoms with E-state index in [9.17, 15) is 0 Å². The lowest BCUT2D eigenvalue weighted by molar-refractivity contribution is -0.171. The minimum atomic E-state index is -3.55. The Labute approximate surface area is 181 Å². The average Bonchev–Trinajstić information content (AvgIpc) is 2.65. The van der Waals surface area contributed by atoms with Crippen LogP contribution in [0.2, 0.25) is 0 Å². The maximum atomic E-state index is 6.61. The summed E-state index contributed by atoms with van der Waals surface area (Å²) in [5, 5.41) is 0. The SMILES string of the molecule is CCC(O[Si](OC(CC)N(C)C)(OC(CC)N(C)C)OC(CC)N(C)C)N(C)C. The molecule has 0 saturated carbocycles. The third kappa shape index (κ3) is 9.71. The van der Waals surface area contributed by atoms with Crippen molar-refractivity contribution in [3.05, 3.63) is 0 Å². The maximum Gasteiger partial charge on any atom is 0.684 e. The van der Waals surface area contributed by atoms with Gasteiger partial charge < -0.3 is 17.7 Å². The summed E-state index contributed by atoms with van der Waals surface area (Å²) in [6, 6.07) is 0. The first-order valence-corrected chi connectivity index (χ1v) is 12.5. The first-order chi connectivity index (χ1) is 13.5. The Kier molecular flexibility index (Phi) is 14.0. The summed E-state index contributed by atoms with van der Waals surface area (Å²) in [5.74, 6) is 0. The Morgan fingerprint density at radius 1 is 0.448 bits per heavy atom. The van der Waals surface area contributed by atoms with Gasteiger partial charge in [-0.1, -0.05) is 27.7 Å². The van der Waals surface area contributed by atoms with Gasteiger partial charge in [-0.3, -0.25) is 19.6 Å². The highest BCUT2D eigenvalue weighted by molar-refractivity contribution is 6.53. The molecule has 8 nitrogen and oxygen atoms in total. The van der Waals surface area contributed by atoms with Crippen LogP contribution in [0, 0.1) is 0 Å². The van der Waals surface area contributed by atoms with Crippen LogP contribution in [0.3, 0.4) is 0 Å². The normalized spacial score (nSPS) is 19.0. The third-order valence-electron chi connectivity index (χ3n) is 4.82. The number of hydrogen-bond donors (Lipinski definition) is 0. The molecule has 0 fully saturated rings. The van der Waals surface area contributed by atoms with Crippen LogP contribution in [0.5, 0.6) is 0 Å². The monoisotopic (exact) mass is 436 g/mol. The Balaban J connectivity index is 6.23. The molecule has 0 spiro atoms. The van der Waals surface area contributed by atoms with Gasteiger partial charge in [0, 0.05) is 0 Å². The van der Waals surface area contributed by atoms with Crippen LogP contribution in [-0.4, -0.2) is 110 Å². The molecule has 0 amide bonds. The summed E-state index contributed by atoms with van der Waals surface area (Å²) < 4.78 is 26.5. The molecule has 0 bridgehead atoms. The van der Waals surface area contributed by atoms with E-state index in [0.717, 1.165) is 25.7 Å². The fourth-order valence-corrected chi connectivity index (χ4v) is 6.22. The molecule has 0 aliphatic carbocycles. The van der Waals surface area contributed by atoms with Gasteiger partial charge >= 0.3 is 9.05 Å². The molecule has 0 aromatic rings. The van der Waals surface area contributed by atoms with Crippen LogP contribution in [0.25, 0.3) is 0 Å². The van der Waals surface area contributed by atoms with E-state index in [1.165, 1.54) is 0 Å². The Morgan fingerprint density at radius 3 is 0.724 bits per heavy atom. The predicted octanol–water partition coefficient (Wildman–Crippen LogP) is 2.68. The first-order valence-electron chi connectivity index (χ1n) is 10.8. The summed E-state index contributed by atoms with van der Waals surface area (Å²) in [7, 11) is 12.5. The smallest absolute Gasteiger partial charge is 0.335 e. The van der Waals surface area contributed by atoms with E-state index < -0.39 is 9.05 Å². The van der Waals surface area contributed by atoms with Gasteiger partial charge in [-0.05, 0) is 82.1 Å². The van der Waals surface area contributed by atoms with E-state index in [0.29, 0.717) is 0 Å². The molecule has 0 radical (unpaired) electrons. The van der Waals surface area contributed by atoms with Crippen molar-refractivity contribution in [1.82, 2.24) is 19.6 Å². The van der Waals surface area contributed by atoms with Crippen LogP contribution in [0.15, 0.2) is 0 Å². The van der Waals surface area contributed by atoms with Crippen molar-refractivity contribution in [3.63, 3.8) is 0 Å². The topological polar surface area (TPSA) is 49.9 Å². The zero-order valence-electron chi connectivity index (χ0n) is 21.1. The number of rotatable bonds is 16. The largest absolute Gasteiger partial charge is 0.684 e. The molecule has 9 heteroatoms. The molecule has 0 aliphatic rings. The minimum Gasteiger partial charge on any atom is -0.335 e. The van der Waals surface area contributed by atoms with Gasteiger partial charge in [0.1, 0.15) is 24.9 Å². The van der Waals surface area contributed by atoms with Gasteiger partial charge in [-0.2, -0.15) is 0 Å². The zero-order valence-corrected chi connectivity index (χ0v) is 22.1. The van der Waals surface area contributed by atoms with Crippen LogP contribution in [0.4, 0.5) is 0 Å². The van der Waals surface area contributed by atoms with Gasteiger partial charge in [0.15, 0.2) is 0 Å². The quantitative estimate of drug-likeness (QED) is 0.270. The van der Waals surface area contributed by atoms with Crippen molar-refractivity contribution in [3.8, 4) is 0 Å². The van der Waals surface area contributed by atoms with Gasteiger partial charge in [0.05, 0.1) is 0 Å². The van der Waals surface area contributed by atoms with Crippen LogP contribution in [0.1, 0.15) is 53.4 Å². The van der Waals surface area contributed by atoms with Crippen LogP contribution < -0.4 is 0 Å². The molecule has 0 rings (SSSR count). The van der Waals surface area contributed by atoms with Gasteiger partial charge in [0.25, 0.3) is 0 Å².